The van der Waals surface area contributed by atoms with Crippen LogP contribution in [0.2, 0.25) is 5.02 Å². The minimum atomic E-state index is -0.244. The van der Waals surface area contributed by atoms with E-state index in [1.807, 2.05) is 49.9 Å². The van der Waals surface area contributed by atoms with Crippen LogP contribution < -0.4 is 15.0 Å². The van der Waals surface area contributed by atoms with Crippen molar-refractivity contribution in [3.63, 3.8) is 0 Å². The summed E-state index contributed by atoms with van der Waals surface area (Å²) < 4.78 is 5.61. The summed E-state index contributed by atoms with van der Waals surface area (Å²) in [6, 6.07) is 11.4. The molecule has 0 radical (unpaired) electrons. The van der Waals surface area contributed by atoms with Crippen LogP contribution in [-0.2, 0) is 9.59 Å². The van der Waals surface area contributed by atoms with E-state index in [-0.39, 0.29) is 18.4 Å². The highest BCUT2D eigenvalue weighted by atomic mass is 35.5. The van der Waals surface area contributed by atoms with E-state index in [4.69, 9.17) is 16.3 Å². The van der Waals surface area contributed by atoms with Crippen LogP contribution in [0.25, 0.3) is 0 Å². The van der Waals surface area contributed by atoms with Crippen LogP contribution in [-0.4, -0.2) is 49.5 Å². The van der Waals surface area contributed by atoms with Gasteiger partial charge in [0, 0.05) is 38.3 Å². The molecule has 0 aliphatic carbocycles. The molecule has 31 heavy (non-hydrogen) atoms. The monoisotopic (exact) mass is 443 g/mol. The second-order valence-electron chi connectivity index (χ2n) is 7.94. The molecule has 6 nitrogen and oxygen atoms in total. The lowest BCUT2D eigenvalue weighted by Gasteiger charge is -2.36. The van der Waals surface area contributed by atoms with Gasteiger partial charge in [-0.1, -0.05) is 24.6 Å². The number of ether oxygens (including phenoxy) is 1. The van der Waals surface area contributed by atoms with Gasteiger partial charge in [0.2, 0.25) is 5.91 Å². The van der Waals surface area contributed by atoms with Gasteiger partial charge in [-0.15, -0.1) is 0 Å². The number of rotatable bonds is 7. The third kappa shape index (κ3) is 6.37. The number of carbonyl (C=O) groups excluding carboxylic acids is 2. The maximum atomic E-state index is 12.3. The van der Waals surface area contributed by atoms with Crippen molar-refractivity contribution in [3.8, 4) is 5.75 Å². The number of nitrogens with one attached hydrogen (secondary N) is 1. The third-order valence-corrected chi connectivity index (χ3v) is 5.54. The van der Waals surface area contributed by atoms with Gasteiger partial charge in [-0.2, -0.15) is 0 Å². The maximum Gasteiger partial charge on any atom is 0.262 e. The second-order valence-corrected chi connectivity index (χ2v) is 8.35. The van der Waals surface area contributed by atoms with Gasteiger partial charge in [0.15, 0.2) is 6.61 Å². The number of hydrogen-bond donors (Lipinski definition) is 1. The minimum Gasteiger partial charge on any atom is -0.484 e. The number of halogens is 1. The Morgan fingerprint density at radius 1 is 1.03 bits per heavy atom. The Hall–Kier alpha value is -2.73. The van der Waals surface area contributed by atoms with Gasteiger partial charge >= 0.3 is 0 Å². The zero-order valence-corrected chi connectivity index (χ0v) is 19.2. The van der Waals surface area contributed by atoms with Gasteiger partial charge in [-0.3, -0.25) is 9.59 Å². The Balaban J connectivity index is 1.53. The average molecular weight is 444 g/mol. The fourth-order valence-corrected chi connectivity index (χ4v) is 4.07. The standard InChI is InChI=1S/C24H30ClN3O3/c1-4-5-24(30)28-10-8-27(9-11-28)22-7-6-19(15-21(22)25)26-23(29)16-31-20-13-17(2)12-18(3)14-20/h6-7,12-15H,4-5,8-11,16H2,1-3H3,(H,26,29). The van der Waals surface area contributed by atoms with Crippen LogP contribution in [0.1, 0.15) is 30.9 Å². The quantitative estimate of drug-likeness (QED) is 0.687. The number of aryl methyl sites for hydroxylation is 2. The molecule has 3 rings (SSSR count). The number of anilines is 2. The third-order valence-electron chi connectivity index (χ3n) is 5.23. The van der Waals surface area contributed by atoms with Gasteiger partial charge in [-0.05, 0) is 61.7 Å². The van der Waals surface area contributed by atoms with Crippen molar-refractivity contribution in [1.29, 1.82) is 0 Å². The van der Waals surface area contributed by atoms with Crippen molar-refractivity contribution < 1.29 is 14.3 Å². The minimum absolute atomic E-state index is 0.0734. The summed E-state index contributed by atoms with van der Waals surface area (Å²) in [5, 5.41) is 3.40. The van der Waals surface area contributed by atoms with E-state index in [0.717, 1.165) is 36.3 Å². The van der Waals surface area contributed by atoms with Gasteiger partial charge < -0.3 is 19.9 Å². The summed E-state index contributed by atoms with van der Waals surface area (Å²) in [6.45, 7) is 8.81. The lowest BCUT2D eigenvalue weighted by Crippen LogP contribution is -2.48. The average Bonchev–Trinajstić information content (AvgIpc) is 2.72. The Morgan fingerprint density at radius 2 is 1.71 bits per heavy atom. The lowest BCUT2D eigenvalue weighted by atomic mass is 10.1. The summed E-state index contributed by atoms with van der Waals surface area (Å²) in [4.78, 5) is 28.4. The highest BCUT2D eigenvalue weighted by Gasteiger charge is 2.22. The fraction of sp³-hybridized carbons (Fsp3) is 0.417. The van der Waals surface area contributed by atoms with Gasteiger partial charge in [0.1, 0.15) is 5.75 Å². The van der Waals surface area contributed by atoms with Crippen molar-refractivity contribution in [1.82, 2.24) is 4.90 Å². The normalized spacial score (nSPS) is 13.8. The Bertz CT molecular complexity index is 919. The molecule has 0 bridgehead atoms. The van der Waals surface area contributed by atoms with Crippen LogP contribution >= 0.6 is 11.6 Å². The molecular weight excluding hydrogens is 414 g/mol. The highest BCUT2D eigenvalue weighted by molar-refractivity contribution is 6.33. The molecule has 166 valence electrons. The number of carbonyl (C=O) groups is 2. The van der Waals surface area contributed by atoms with Crippen molar-refractivity contribution in [2.24, 2.45) is 0 Å². The maximum absolute atomic E-state index is 12.3. The molecule has 0 unspecified atom stereocenters. The van der Waals surface area contributed by atoms with Crippen molar-refractivity contribution in [3.05, 3.63) is 52.5 Å². The van der Waals surface area contributed by atoms with Crippen LogP contribution in [0.3, 0.4) is 0 Å². The van der Waals surface area contributed by atoms with Crippen LogP contribution in [0.15, 0.2) is 36.4 Å². The number of hydrogen-bond acceptors (Lipinski definition) is 4. The molecule has 2 aromatic rings. The summed E-state index contributed by atoms with van der Waals surface area (Å²) >= 11 is 6.50. The topological polar surface area (TPSA) is 61.9 Å². The summed E-state index contributed by atoms with van der Waals surface area (Å²) in [7, 11) is 0. The van der Waals surface area contributed by atoms with E-state index in [1.54, 1.807) is 6.07 Å². The summed E-state index contributed by atoms with van der Waals surface area (Å²) in [5.41, 5.74) is 3.72. The van der Waals surface area contributed by atoms with E-state index in [1.165, 1.54) is 0 Å². The molecular formula is C24H30ClN3O3. The number of benzene rings is 2. The molecule has 2 aromatic carbocycles. The summed E-state index contributed by atoms with van der Waals surface area (Å²) in [6.07, 6.45) is 1.47. The zero-order chi connectivity index (χ0) is 22.4. The van der Waals surface area contributed by atoms with E-state index >= 15 is 0 Å². The van der Waals surface area contributed by atoms with Crippen LogP contribution in [0, 0.1) is 13.8 Å². The molecule has 1 fully saturated rings. The molecule has 1 N–H and O–H groups in total. The van der Waals surface area contributed by atoms with Crippen molar-refractivity contribution in [2.45, 2.75) is 33.6 Å². The van der Waals surface area contributed by atoms with E-state index < -0.39 is 0 Å². The Kier molecular flexibility index (Phi) is 7.80. The molecule has 1 heterocycles. The second kappa shape index (κ2) is 10.5. The first kappa shape index (κ1) is 22.9. The summed E-state index contributed by atoms with van der Waals surface area (Å²) in [5.74, 6) is 0.651. The zero-order valence-electron chi connectivity index (χ0n) is 18.4. The van der Waals surface area contributed by atoms with E-state index in [2.05, 4.69) is 16.3 Å². The predicted octanol–water partition coefficient (Wildman–Crippen LogP) is 4.42. The Morgan fingerprint density at radius 3 is 2.32 bits per heavy atom. The lowest BCUT2D eigenvalue weighted by molar-refractivity contribution is -0.131. The van der Waals surface area contributed by atoms with E-state index in [9.17, 15) is 9.59 Å². The van der Waals surface area contributed by atoms with Gasteiger partial charge in [-0.25, -0.2) is 0 Å². The first-order chi connectivity index (χ1) is 14.9. The molecule has 2 amide bonds. The van der Waals surface area contributed by atoms with Crippen molar-refractivity contribution >= 4 is 34.8 Å². The smallest absolute Gasteiger partial charge is 0.262 e. The van der Waals surface area contributed by atoms with Gasteiger partial charge in [0.25, 0.3) is 5.91 Å². The fourth-order valence-electron chi connectivity index (χ4n) is 3.77. The van der Waals surface area contributed by atoms with Gasteiger partial charge in [0.05, 0.1) is 10.7 Å². The molecule has 1 saturated heterocycles. The Labute approximate surface area is 189 Å². The first-order valence-corrected chi connectivity index (χ1v) is 11.1. The molecule has 1 aliphatic rings. The number of amides is 2. The van der Waals surface area contributed by atoms with E-state index in [0.29, 0.717) is 36.0 Å². The molecule has 0 saturated carbocycles. The van der Waals surface area contributed by atoms with Crippen molar-refractivity contribution in [2.75, 3.05) is 43.0 Å². The SMILES string of the molecule is CCCC(=O)N1CCN(c2ccc(NC(=O)COc3cc(C)cc(C)c3)cc2Cl)CC1. The highest BCUT2D eigenvalue weighted by Crippen LogP contribution is 2.30. The molecule has 0 atom stereocenters. The molecule has 1 aliphatic heterocycles. The first-order valence-electron chi connectivity index (χ1n) is 10.7. The van der Waals surface area contributed by atoms with Crippen LogP contribution in [0.4, 0.5) is 11.4 Å². The molecule has 0 spiro atoms. The largest absolute Gasteiger partial charge is 0.484 e. The number of nitrogens with zero attached hydrogens (tertiary/aromatic N) is 2. The number of piperazine rings is 1. The molecule has 7 heteroatoms. The molecule has 0 aromatic heterocycles. The predicted molar refractivity (Wildman–Crippen MR) is 125 cm³/mol. The van der Waals surface area contributed by atoms with Crippen LogP contribution in [0.5, 0.6) is 5.75 Å².